The van der Waals surface area contributed by atoms with Crippen molar-refractivity contribution in [2.24, 2.45) is 0 Å². The number of anilines is 1. The van der Waals surface area contributed by atoms with Crippen LogP contribution >= 0.6 is 11.3 Å². The Morgan fingerprint density at radius 2 is 2.00 bits per heavy atom. The van der Waals surface area contributed by atoms with Gasteiger partial charge in [-0.15, -0.1) is 11.3 Å². The van der Waals surface area contributed by atoms with Crippen LogP contribution in [-0.2, 0) is 16.0 Å². The summed E-state index contributed by atoms with van der Waals surface area (Å²) in [4.78, 5) is 27.9. The Hall–Kier alpha value is -2.14. The van der Waals surface area contributed by atoms with E-state index in [0.29, 0.717) is 11.4 Å². The zero-order valence-electron chi connectivity index (χ0n) is 12.5. The maximum Gasteiger partial charge on any atom is 0.349 e. The van der Waals surface area contributed by atoms with Gasteiger partial charge in [-0.05, 0) is 44.0 Å². The molecule has 0 fully saturated rings. The number of amides is 1. The molecule has 0 unspecified atom stereocenters. The van der Waals surface area contributed by atoms with Crippen molar-refractivity contribution in [2.45, 2.75) is 26.4 Å². The van der Waals surface area contributed by atoms with Gasteiger partial charge in [-0.25, -0.2) is 4.79 Å². The van der Waals surface area contributed by atoms with E-state index >= 15 is 0 Å². The van der Waals surface area contributed by atoms with Crippen molar-refractivity contribution in [1.82, 2.24) is 0 Å². The monoisotopic (exact) mass is 315 g/mol. The Morgan fingerprint density at radius 3 is 2.73 bits per heavy atom. The fourth-order valence-electron chi connectivity index (χ4n) is 2.60. The van der Waals surface area contributed by atoms with Crippen molar-refractivity contribution in [3.8, 4) is 0 Å². The lowest BCUT2D eigenvalue weighted by molar-refractivity contribution is -0.126. The number of para-hydroxylation sites is 1. The van der Waals surface area contributed by atoms with Gasteiger partial charge in [0.25, 0.3) is 5.91 Å². The van der Waals surface area contributed by atoms with E-state index in [-0.39, 0.29) is 5.91 Å². The highest BCUT2D eigenvalue weighted by atomic mass is 32.1. The number of ether oxygens (including phenoxy) is 1. The number of carbonyl (C=O) groups excluding carboxylic acids is 2. The molecule has 4 nitrogen and oxygen atoms in total. The van der Waals surface area contributed by atoms with E-state index in [1.54, 1.807) is 17.9 Å². The Kier molecular flexibility index (Phi) is 3.98. The molecule has 2 heterocycles. The van der Waals surface area contributed by atoms with Crippen LogP contribution < -0.4 is 4.90 Å². The summed E-state index contributed by atoms with van der Waals surface area (Å²) in [5, 5.41) is 0. The highest BCUT2D eigenvalue weighted by molar-refractivity contribution is 7.13. The van der Waals surface area contributed by atoms with Gasteiger partial charge >= 0.3 is 5.97 Å². The van der Waals surface area contributed by atoms with Crippen LogP contribution in [-0.4, -0.2) is 24.5 Å². The van der Waals surface area contributed by atoms with Crippen LogP contribution in [0.5, 0.6) is 0 Å². The van der Waals surface area contributed by atoms with Crippen molar-refractivity contribution < 1.29 is 14.3 Å². The summed E-state index contributed by atoms with van der Waals surface area (Å²) in [7, 11) is 0. The second kappa shape index (κ2) is 5.93. The van der Waals surface area contributed by atoms with Crippen LogP contribution in [0.3, 0.4) is 0 Å². The summed E-state index contributed by atoms with van der Waals surface area (Å²) < 4.78 is 5.32. The molecule has 0 N–H and O–H groups in total. The normalized spacial score (nSPS) is 14.5. The highest BCUT2D eigenvalue weighted by Gasteiger charge is 2.30. The largest absolute Gasteiger partial charge is 0.448 e. The Balaban J connectivity index is 1.69. The molecule has 1 aromatic carbocycles. The number of aryl methyl sites for hydroxylation is 1. The van der Waals surface area contributed by atoms with Gasteiger partial charge in [0.1, 0.15) is 4.88 Å². The number of carbonyl (C=O) groups is 2. The second-order valence-electron chi connectivity index (χ2n) is 5.33. The van der Waals surface area contributed by atoms with Gasteiger partial charge in [0.05, 0.1) is 0 Å². The zero-order chi connectivity index (χ0) is 15.7. The first kappa shape index (κ1) is 14.8. The molecule has 1 amide bonds. The molecule has 5 heteroatoms. The van der Waals surface area contributed by atoms with Crippen LogP contribution in [0.1, 0.15) is 27.0 Å². The average molecular weight is 315 g/mol. The molecule has 0 aliphatic carbocycles. The van der Waals surface area contributed by atoms with E-state index in [1.807, 2.05) is 37.3 Å². The smallest absolute Gasteiger partial charge is 0.349 e. The highest BCUT2D eigenvalue weighted by Crippen LogP contribution is 2.28. The van der Waals surface area contributed by atoms with E-state index < -0.39 is 12.1 Å². The predicted octanol–water partition coefficient (Wildman–Crippen LogP) is 3.19. The lowest BCUT2D eigenvalue weighted by Crippen LogP contribution is -2.39. The summed E-state index contributed by atoms with van der Waals surface area (Å²) >= 11 is 1.37. The molecule has 0 radical (unpaired) electrons. The standard InChI is InChI=1S/C17H17NO3S/c1-11-7-8-15(22-11)17(20)21-12(2)16(19)18-10-9-13-5-3-4-6-14(13)18/h3-8,12H,9-10H2,1-2H3/t12-/m1/s1. The first-order valence-electron chi connectivity index (χ1n) is 7.23. The number of hydrogen-bond acceptors (Lipinski definition) is 4. The maximum atomic E-state index is 12.5. The number of thiophene rings is 1. The molecule has 1 atom stereocenters. The summed E-state index contributed by atoms with van der Waals surface area (Å²) in [6.45, 7) is 4.19. The lowest BCUT2D eigenvalue weighted by Gasteiger charge is -2.21. The van der Waals surface area contributed by atoms with E-state index in [1.165, 1.54) is 11.3 Å². The summed E-state index contributed by atoms with van der Waals surface area (Å²) in [5.41, 5.74) is 2.07. The fourth-order valence-corrected chi connectivity index (χ4v) is 3.35. The van der Waals surface area contributed by atoms with Gasteiger partial charge in [0.2, 0.25) is 0 Å². The minimum absolute atomic E-state index is 0.174. The molecule has 1 aliphatic rings. The van der Waals surface area contributed by atoms with Gasteiger partial charge in [0.15, 0.2) is 6.10 Å². The third-order valence-electron chi connectivity index (χ3n) is 3.73. The summed E-state index contributed by atoms with van der Waals surface area (Å²) in [6.07, 6.45) is 0.0493. The predicted molar refractivity (Wildman–Crippen MR) is 86.4 cm³/mol. The number of rotatable bonds is 3. The molecule has 114 valence electrons. The number of esters is 1. The van der Waals surface area contributed by atoms with Crippen LogP contribution in [0.4, 0.5) is 5.69 Å². The van der Waals surface area contributed by atoms with Gasteiger partial charge in [-0.3, -0.25) is 4.79 Å². The van der Waals surface area contributed by atoms with Gasteiger partial charge < -0.3 is 9.64 Å². The minimum atomic E-state index is -0.791. The van der Waals surface area contributed by atoms with Crippen molar-refractivity contribution in [3.05, 3.63) is 51.7 Å². The Bertz CT molecular complexity index is 722. The van der Waals surface area contributed by atoms with Gasteiger partial charge in [-0.2, -0.15) is 0 Å². The topological polar surface area (TPSA) is 46.6 Å². The molecule has 2 aromatic rings. The molecular weight excluding hydrogens is 298 g/mol. The Morgan fingerprint density at radius 1 is 1.23 bits per heavy atom. The second-order valence-corrected chi connectivity index (χ2v) is 6.61. The zero-order valence-corrected chi connectivity index (χ0v) is 13.4. The number of nitrogens with zero attached hydrogens (tertiary/aromatic N) is 1. The average Bonchev–Trinajstić information content (AvgIpc) is 3.12. The number of benzene rings is 1. The third-order valence-corrected chi connectivity index (χ3v) is 4.71. The van der Waals surface area contributed by atoms with Gasteiger partial charge in [-0.1, -0.05) is 18.2 Å². The van der Waals surface area contributed by atoms with E-state index in [2.05, 4.69) is 0 Å². The van der Waals surface area contributed by atoms with Gasteiger partial charge in [0, 0.05) is 17.1 Å². The van der Waals surface area contributed by atoms with Crippen LogP contribution in [0.2, 0.25) is 0 Å². The fraction of sp³-hybridized carbons (Fsp3) is 0.294. The van der Waals surface area contributed by atoms with Crippen LogP contribution in [0.25, 0.3) is 0 Å². The quantitative estimate of drug-likeness (QED) is 0.817. The first-order valence-corrected chi connectivity index (χ1v) is 8.04. The van der Waals surface area contributed by atoms with E-state index in [4.69, 9.17) is 4.74 Å². The number of fused-ring (bicyclic) bond motifs is 1. The molecule has 0 bridgehead atoms. The molecular formula is C17H17NO3S. The van der Waals surface area contributed by atoms with E-state index in [0.717, 1.165) is 22.5 Å². The Labute approximate surface area is 133 Å². The molecule has 3 rings (SSSR count). The van der Waals surface area contributed by atoms with Crippen molar-refractivity contribution in [2.75, 3.05) is 11.4 Å². The molecule has 0 saturated heterocycles. The molecule has 0 spiro atoms. The van der Waals surface area contributed by atoms with Crippen molar-refractivity contribution >= 4 is 28.9 Å². The molecule has 1 aromatic heterocycles. The van der Waals surface area contributed by atoms with E-state index in [9.17, 15) is 9.59 Å². The first-order chi connectivity index (χ1) is 10.6. The summed E-state index contributed by atoms with van der Waals surface area (Å²) in [6, 6.07) is 11.4. The third kappa shape index (κ3) is 2.76. The molecule has 1 aliphatic heterocycles. The van der Waals surface area contributed by atoms with Crippen molar-refractivity contribution in [3.63, 3.8) is 0 Å². The lowest BCUT2D eigenvalue weighted by atomic mass is 10.2. The maximum absolute atomic E-state index is 12.5. The van der Waals surface area contributed by atoms with Crippen LogP contribution in [0.15, 0.2) is 36.4 Å². The SMILES string of the molecule is Cc1ccc(C(=O)O[C@H](C)C(=O)N2CCc3ccccc32)s1. The molecule has 0 saturated carbocycles. The van der Waals surface area contributed by atoms with Crippen molar-refractivity contribution in [1.29, 1.82) is 0 Å². The summed E-state index contributed by atoms with van der Waals surface area (Å²) in [5.74, 6) is -0.613. The number of hydrogen-bond donors (Lipinski definition) is 0. The molecule has 22 heavy (non-hydrogen) atoms. The van der Waals surface area contributed by atoms with Crippen LogP contribution in [0, 0.1) is 6.92 Å². The minimum Gasteiger partial charge on any atom is -0.448 e.